The molecule has 0 saturated carbocycles. The van der Waals surface area contributed by atoms with Gasteiger partial charge < -0.3 is 10.2 Å². The van der Waals surface area contributed by atoms with E-state index in [0.717, 1.165) is 5.56 Å². The summed E-state index contributed by atoms with van der Waals surface area (Å²) in [5, 5.41) is 2.69. The molecule has 5 nitrogen and oxygen atoms in total. The average Bonchev–Trinajstić information content (AvgIpc) is 2.64. The van der Waals surface area contributed by atoms with Crippen molar-refractivity contribution < 1.29 is 9.59 Å². The van der Waals surface area contributed by atoms with Crippen LogP contribution in [0.1, 0.15) is 33.3 Å². The van der Waals surface area contributed by atoms with Crippen molar-refractivity contribution >= 4 is 11.8 Å². The van der Waals surface area contributed by atoms with Crippen molar-refractivity contribution in [2.45, 2.75) is 13.5 Å². The van der Waals surface area contributed by atoms with Gasteiger partial charge in [-0.2, -0.15) is 0 Å². The quantitative estimate of drug-likeness (QED) is 0.797. The lowest BCUT2D eigenvalue weighted by atomic mass is 10.1. The third-order valence-corrected chi connectivity index (χ3v) is 3.53. The van der Waals surface area contributed by atoms with Gasteiger partial charge in [-0.25, -0.2) is 0 Å². The van der Waals surface area contributed by atoms with Crippen molar-refractivity contribution in [1.82, 2.24) is 15.2 Å². The molecule has 1 heterocycles. The number of amides is 2. The van der Waals surface area contributed by atoms with Crippen molar-refractivity contribution in [2.24, 2.45) is 0 Å². The summed E-state index contributed by atoms with van der Waals surface area (Å²) in [4.78, 5) is 30.5. The highest BCUT2D eigenvalue weighted by molar-refractivity contribution is 5.98. The number of nitrogens with zero attached hydrogens (tertiary/aromatic N) is 2. The molecule has 1 aromatic heterocycles. The molecule has 0 aliphatic rings. The van der Waals surface area contributed by atoms with Crippen molar-refractivity contribution in [3.05, 3.63) is 78.1 Å². The van der Waals surface area contributed by atoms with Crippen molar-refractivity contribution in [2.75, 3.05) is 13.1 Å². The third-order valence-electron chi connectivity index (χ3n) is 3.53. The number of benzene rings is 1. The smallest absolute Gasteiger partial charge is 0.272 e. The second-order valence-electron chi connectivity index (χ2n) is 5.23. The summed E-state index contributed by atoms with van der Waals surface area (Å²) >= 11 is 0. The van der Waals surface area contributed by atoms with E-state index in [0.29, 0.717) is 25.2 Å². The summed E-state index contributed by atoms with van der Waals surface area (Å²) in [5.41, 5.74) is 1.72. The van der Waals surface area contributed by atoms with Crippen LogP contribution in [-0.4, -0.2) is 34.8 Å². The van der Waals surface area contributed by atoms with Crippen LogP contribution in [0.5, 0.6) is 0 Å². The van der Waals surface area contributed by atoms with Gasteiger partial charge in [0.25, 0.3) is 11.8 Å². The van der Waals surface area contributed by atoms with Crippen LogP contribution < -0.4 is 5.32 Å². The number of pyridine rings is 1. The van der Waals surface area contributed by atoms with Gasteiger partial charge in [0.15, 0.2) is 0 Å². The molecule has 0 bridgehead atoms. The van der Waals surface area contributed by atoms with Crippen LogP contribution in [0.3, 0.4) is 0 Å². The van der Waals surface area contributed by atoms with Crippen LogP contribution in [0.2, 0.25) is 0 Å². The van der Waals surface area contributed by atoms with Gasteiger partial charge in [-0.15, -0.1) is 6.58 Å². The van der Waals surface area contributed by atoms with E-state index in [9.17, 15) is 9.59 Å². The molecule has 24 heavy (non-hydrogen) atoms. The Labute approximate surface area is 142 Å². The van der Waals surface area contributed by atoms with Gasteiger partial charge in [0, 0.05) is 31.4 Å². The standard InChI is InChI=1S/C19H21N3O2/c1-3-11-21-18(23)16-10-12-20-17(13-16)19(24)22(4-2)14-15-8-6-5-7-9-15/h3,5-10,12-13H,1,4,11,14H2,2H3,(H,21,23). The predicted molar refractivity (Wildman–Crippen MR) is 93.6 cm³/mol. The molecule has 0 saturated heterocycles. The average molecular weight is 323 g/mol. The summed E-state index contributed by atoms with van der Waals surface area (Å²) in [6, 6.07) is 12.9. The molecule has 5 heteroatoms. The van der Waals surface area contributed by atoms with Gasteiger partial charge >= 0.3 is 0 Å². The highest BCUT2D eigenvalue weighted by Gasteiger charge is 2.17. The fraction of sp³-hybridized carbons (Fsp3) is 0.211. The Bertz CT molecular complexity index is 714. The number of carbonyl (C=O) groups is 2. The highest BCUT2D eigenvalue weighted by Crippen LogP contribution is 2.10. The molecule has 0 aliphatic heterocycles. The van der Waals surface area contributed by atoms with Crippen molar-refractivity contribution in [1.29, 1.82) is 0 Å². The fourth-order valence-corrected chi connectivity index (χ4v) is 2.25. The van der Waals surface area contributed by atoms with Gasteiger partial charge in [0.05, 0.1) is 0 Å². The topological polar surface area (TPSA) is 62.3 Å². The number of aromatic nitrogens is 1. The molecule has 0 radical (unpaired) electrons. The summed E-state index contributed by atoms with van der Waals surface area (Å²) in [5.74, 6) is -0.447. The maximum absolute atomic E-state index is 12.7. The Balaban J connectivity index is 2.15. The lowest BCUT2D eigenvalue weighted by Gasteiger charge is -2.20. The molecule has 0 atom stereocenters. The number of nitrogens with one attached hydrogen (secondary N) is 1. The van der Waals surface area contributed by atoms with E-state index in [-0.39, 0.29) is 17.5 Å². The molecule has 0 spiro atoms. The Morgan fingerprint density at radius 2 is 2.00 bits per heavy atom. The lowest BCUT2D eigenvalue weighted by Crippen LogP contribution is -2.31. The Hall–Kier alpha value is -2.95. The van der Waals surface area contributed by atoms with E-state index >= 15 is 0 Å². The van der Waals surface area contributed by atoms with E-state index in [1.807, 2.05) is 37.3 Å². The first-order chi connectivity index (χ1) is 11.7. The van der Waals surface area contributed by atoms with Crippen LogP contribution in [0.4, 0.5) is 0 Å². The number of hydrogen-bond donors (Lipinski definition) is 1. The Kier molecular flexibility index (Phi) is 6.25. The first-order valence-corrected chi connectivity index (χ1v) is 7.84. The summed E-state index contributed by atoms with van der Waals surface area (Å²) in [6.45, 7) is 6.91. The minimum Gasteiger partial charge on any atom is -0.349 e. The molecular weight excluding hydrogens is 302 g/mol. The second kappa shape index (κ2) is 8.62. The van der Waals surface area contributed by atoms with Gasteiger partial charge in [-0.05, 0) is 24.6 Å². The Morgan fingerprint density at radius 1 is 1.25 bits per heavy atom. The van der Waals surface area contributed by atoms with E-state index < -0.39 is 0 Å². The number of hydrogen-bond acceptors (Lipinski definition) is 3. The third kappa shape index (κ3) is 4.52. The molecule has 124 valence electrons. The van der Waals surface area contributed by atoms with Crippen LogP contribution in [0.25, 0.3) is 0 Å². The molecule has 2 aromatic rings. The molecular formula is C19H21N3O2. The predicted octanol–water partition coefficient (Wildman–Crippen LogP) is 2.66. The van der Waals surface area contributed by atoms with Crippen molar-refractivity contribution in [3.63, 3.8) is 0 Å². The first kappa shape index (κ1) is 17.4. The maximum Gasteiger partial charge on any atom is 0.272 e. The van der Waals surface area contributed by atoms with Crippen LogP contribution in [0.15, 0.2) is 61.3 Å². The Morgan fingerprint density at radius 3 is 2.67 bits per heavy atom. The zero-order chi connectivity index (χ0) is 17.4. The summed E-state index contributed by atoms with van der Waals surface area (Å²) in [6.07, 6.45) is 3.08. The van der Waals surface area contributed by atoms with E-state index in [1.165, 1.54) is 12.3 Å². The monoisotopic (exact) mass is 323 g/mol. The SMILES string of the molecule is C=CCNC(=O)c1ccnc(C(=O)N(CC)Cc2ccccc2)c1. The largest absolute Gasteiger partial charge is 0.349 e. The second-order valence-corrected chi connectivity index (χ2v) is 5.23. The van der Waals surface area contributed by atoms with Gasteiger partial charge in [-0.1, -0.05) is 36.4 Å². The maximum atomic E-state index is 12.7. The zero-order valence-electron chi connectivity index (χ0n) is 13.7. The first-order valence-electron chi connectivity index (χ1n) is 7.84. The fourth-order valence-electron chi connectivity index (χ4n) is 2.25. The molecule has 0 fully saturated rings. The summed E-state index contributed by atoms with van der Waals surface area (Å²) in [7, 11) is 0. The minimum absolute atomic E-state index is 0.195. The molecule has 0 aliphatic carbocycles. The van der Waals surface area contributed by atoms with Crippen molar-refractivity contribution in [3.8, 4) is 0 Å². The molecule has 1 aromatic carbocycles. The summed E-state index contributed by atoms with van der Waals surface area (Å²) < 4.78 is 0. The molecule has 1 N–H and O–H groups in total. The minimum atomic E-state index is -0.252. The van der Waals surface area contributed by atoms with E-state index in [2.05, 4.69) is 16.9 Å². The van der Waals surface area contributed by atoms with Crippen LogP contribution in [-0.2, 0) is 6.54 Å². The molecule has 2 amide bonds. The van der Waals surface area contributed by atoms with Crippen LogP contribution >= 0.6 is 0 Å². The lowest BCUT2D eigenvalue weighted by molar-refractivity contribution is 0.0746. The molecule has 0 unspecified atom stereocenters. The van der Waals surface area contributed by atoms with Crippen LogP contribution in [0, 0.1) is 0 Å². The number of carbonyl (C=O) groups excluding carboxylic acids is 2. The zero-order valence-corrected chi connectivity index (χ0v) is 13.7. The number of rotatable bonds is 7. The van der Waals surface area contributed by atoms with E-state index in [1.54, 1.807) is 17.0 Å². The highest BCUT2D eigenvalue weighted by atomic mass is 16.2. The molecule has 2 rings (SSSR count). The van der Waals surface area contributed by atoms with E-state index in [4.69, 9.17) is 0 Å². The van der Waals surface area contributed by atoms with Gasteiger partial charge in [-0.3, -0.25) is 14.6 Å². The normalized spacial score (nSPS) is 10.0. The van der Waals surface area contributed by atoms with Gasteiger partial charge in [0.1, 0.15) is 5.69 Å². The van der Waals surface area contributed by atoms with Gasteiger partial charge in [0.2, 0.25) is 0 Å².